The van der Waals surface area contributed by atoms with Crippen molar-refractivity contribution in [2.24, 2.45) is 5.41 Å². The highest BCUT2D eigenvalue weighted by molar-refractivity contribution is 7.98. The van der Waals surface area contributed by atoms with E-state index in [2.05, 4.69) is 11.2 Å². The summed E-state index contributed by atoms with van der Waals surface area (Å²) in [5.74, 6) is 1.31. The van der Waals surface area contributed by atoms with Crippen LogP contribution in [0.4, 0.5) is 0 Å². The van der Waals surface area contributed by atoms with Crippen LogP contribution in [0, 0.1) is 5.41 Å². The minimum absolute atomic E-state index is 0.786. The van der Waals surface area contributed by atoms with Gasteiger partial charge in [-0.25, -0.2) is 0 Å². The molecule has 15 heavy (non-hydrogen) atoms. The Bertz CT molecular complexity index is 177. The standard InChI is InChI=1S/C13H25NS/c1-15-12-11-14-9-7-13(8-10-14)5-3-2-4-6-13/h2-12H2,1H3. The molecule has 1 heterocycles. The summed E-state index contributed by atoms with van der Waals surface area (Å²) in [6.07, 6.45) is 12.8. The fourth-order valence-corrected chi connectivity index (χ4v) is 3.71. The Hall–Kier alpha value is 0.310. The SMILES string of the molecule is CSCCN1CCC2(CCCCC2)CC1. The predicted molar refractivity (Wildman–Crippen MR) is 69.6 cm³/mol. The molecule has 2 rings (SSSR count). The van der Waals surface area contributed by atoms with Crippen LogP contribution in [0.25, 0.3) is 0 Å². The fourth-order valence-electron chi connectivity index (χ4n) is 3.27. The maximum Gasteiger partial charge on any atom is 0.00722 e. The van der Waals surface area contributed by atoms with Crippen LogP contribution < -0.4 is 0 Å². The highest BCUT2D eigenvalue weighted by Crippen LogP contribution is 2.44. The first-order valence-corrected chi connectivity index (χ1v) is 7.95. The Morgan fingerprint density at radius 1 is 1.00 bits per heavy atom. The minimum atomic E-state index is 0.786. The number of piperidine rings is 1. The van der Waals surface area contributed by atoms with Gasteiger partial charge >= 0.3 is 0 Å². The van der Waals surface area contributed by atoms with Crippen LogP contribution in [0.2, 0.25) is 0 Å². The van der Waals surface area contributed by atoms with Crippen LogP contribution in [0.1, 0.15) is 44.9 Å². The van der Waals surface area contributed by atoms with Crippen molar-refractivity contribution >= 4 is 11.8 Å². The molecule has 1 spiro atoms. The molecule has 2 fully saturated rings. The first kappa shape index (κ1) is 11.8. The number of hydrogen-bond acceptors (Lipinski definition) is 2. The minimum Gasteiger partial charge on any atom is -0.302 e. The lowest BCUT2D eigenvalue weighted by Crippen LogP contribution is -2.41. The van der Waals surface area contributed by atoms with Crippen molar-refractivity contribution < 1.29 is 0 Å². The topological polar surface area (TPSA) is 3.24 Å². The first-order valence-electron chi connectivity index (χ1n) is 6.56. The Morgan fingerprint density at radius 2 is 1.67 bits per heavy atom. The summed E-state index contributed by atoms with van der Waals surface area (Å²) < 4.78 is 0. The van der Waals surface area contributed by atoms with Crippen molar-refractivity contribution in [1.29, 1.82) is 0 Å². The van der Waals surface area contributed by atoms with Crippen LogP contribution in [0.3, 0.4) is 0 Å². The predicted octanol–water partition coefficient (Wildman–Crippen LogP) is 3.40. The molecule has 0 aromatic rings. The molecule has 1 saturated carbocycles. The molecule has 1 saturated heterocycles. The first-order chi connectivity index (χ1) is 7.35. The van der Waals surface area contributed by atoms with Crippen LogP contribution in [0.5, 0.6) is 0 Å². The van der Waals surface area contributed by atoms with Crippen LogP contribution >= 0.6 is 11.8 Å². The summed E-state index contributed by atoms with van der Waals surface area (Å²) in [6, 6.07) is 0. The zero-order valence-electron chi connectivity index (χ0n) is 10.1. The van der Waals surface area contributed by atoms with Gasteiger partial charge in [0.25, 0.3) is 0 Å². The van der Waals surface area contributed by atoms with Gasteiger partial charge in [0.1, 0.15) is 0 Å². The van der Waals surface area contributed by atoms with E-state index in [4.69, 9.17) is 0 Å². The molecule has 0 bridgehead atoms. The third kappa shape index (κ3) is 3.13. The van der Waals surface area contributed by atoms with E-state index < -0.39 is 0 Å². The normalized spacial score (nSPS) is 27.0. The van der Waals surface area contributed by atoms with Crippen molar-refractivity contribution in [2.75, 3.05) is 31.6 Å². The van der Waals surface area contributed by atoms with Crippen LogP contribution in [-0.4, -0.2) is 36.5 Å². The summed E-state index contributed by atoms with van der Waals surface area (Å²) >= 11 is 1.98. The summed E-state index contributed by atoms with van der Waals surface area (Å²) in [6.45, 7) is 4.07. The highest BCUT2D eigenvalue weighted by Gasteiger charge is 2.34. The molecule has 1 nitrogen and oxygen atoms in total. The van der Waals surface area contributed by atoms with E-state index in [1.165, 1.54) is 70.3 Å². The molecule has 0 unspecified atom stereocenters. The summed E-state index contributed by atoms with van der Waals surface area (Å²) in [5, 5.41) is 0. The third-order valence-corrected chi connectivity index (χ3v) is 5.03. The Balaban J connectivity index is 1.75. The van der Waals surface area contributed by atoms with Crippen molar-refractivity contribution in [1.82, 2.24) is 4.90 Å². The van der Waals surface area contributed by atoms with E-state index in [0.717, 1.165) is 5.41 Å². The summed E-state index contributed by atoms with van der Waals surface area (Å²) in [4.78, 5) is 2.68. The van der Waals surface area contributed by atoms with Crippen molar-refractivity contribution in [3.8, 4) is 0 Å². The lowest BCUT2D eigenvalue weighted by Gasteiger charge is -2.44. The van der Waals surface area contributed by atoms with Crippen molar-refractivity contribution in [2.45, 2.75) is 44.9 Å². The van der Waals surface area contributed by atoms with E-state index in [9.17, 15) is 0 Å². The van der Waals surface area contributed by atoms with Gasteiger partial charge < -0.3 is 4.90 Å². The van der Waals surface area contributed by atoms with Gasteiger partial charge in [-0.3, -0.25) is 0 Å². The van der Waals surface area contributed by atoms with E-state index in [-0.39, 0.29) is 0 Å². The van der Waals surface area contributed by atoms with Gasteiger partial charge in [-0.1, -0.05) is 19.3 Å². The quantitative estimate of drug-likeness (QED) is 0.727. The highest BCUT2D eigenvalue weighted by atomic mass is 32.2. The molecular weight excluding hydrogens is 202 g/mol. The second-order valence-corrected chi connectivity index (χ2v) is 6.38. The van der Waals surface area contributed by atoms with E-state index in [1.54, 1.807) is 0 Å². The molecule has 1 aliphatic heterocycles. The molecule has 2 aliphatic rings. The van der Waals surface area contributed by atoms with E-state index >= 15 is 0 Å². The lowest BCUT2D eigenvalue weighted by molar-refractivity contribution is 0.0712. The fraction of sp³-hybridized carbons (Fsp3) is 1.00. The molecular formula is C13H25NS. The number of nitrogens with zero attached hydrogens (tertiary/aromatic N) is 1. The number of likely N-dealkylation sites (tertiary alicyclic amines) is 1. The Morgan fingerprint density at radius 3 is 2.27 bits per heavy atom. The van der Waals surface area contributed by atoms with Crippen molar-refractivity contribution in [3.05, 3.63) is 0 Å². The molecule has 0 amide bonds. The van der Waals surface area contributed by atoms with Crippen molar-refractivity contribution in [3.63, 3.8) is 0 Å². The van der Waals surface area contributed by atoms with Gasteiger partial charge in [0.05, 0.1) is 0 Å². The molecule has 0 radical (unpaired) electrons. The molecule has 1 aliphatic carbocycles. The molecule has 0 aromatic heterocycles. The van der Waals surface area contributed by atoms with Crippen LogP contribution in [0.15, 0.2) is 0 Å². The number of rotatable bonds is 3. The van der Waals surface area contributed by atoms with E-state index in [1.807, 2.05) is 11.8 Å². The second-order valence-electron chi connectivity index (χ2n) is 5.40. The van der Waals surface area contributed by atoms with Gasteiger partial charge in [0, 0.05) is 12.3 Å². The summed E-state index contributed by atoms with van der Waals surface area (Å²) in [5.41, 5.74) is 0.786. The van der Waals surface area contributed by atoms with Gasteiger partial charge in [-0.15, -0.1) is 0 Å². The van der Waals surface area contributed by atoms with Gasteiger partial charge in [-0.05, 0) is 50.4 Å². The lowest BCUT2D eigenvalue weighted by atomic mass is 9.68. The Kier molecular flexibility index (Phi) is 4.39. The third-order valence-electron chi connectivity index (χ3n) is 4.44. The van der Waals surface area contributed by atoms with E-state index in [0.29, 0.717) is 0 Å². The maximum atomic E-state index is 2.68. The molecule has 2 heteroatoms. The molecule has 0 aromatic carbocycles. The second kappa shape index (κ2) is 5.58. The molecule has 0 atom stereocenters. The average Bonchev–Trinajstić information content (AvgIpc) is 2.30. The summed E-state index contributed by atoms with van der Waals surface area (Å²) in [7, 11) is 0. The zero-order chi connectivity index (χ0) is 10.6. The number of thioether (sulfide) groups is 1. The van der Waals surface area contributed by atoms with Crippen LogP contribution in [-0.2, 0) is 0 Å². The molecule has 0 N–H and O–H groups in total. The molecule has 88 valence electrons. The monoisotopic (exact) mass is 227 g/mol. The largest absolute Gasteiger partial charge is 0.302 e. The van der Waals surface area contributed by atoms with Gasteiger partial charge in [0.2, 0.25) is 0 Å². The zero-order valence-corrected chi connectivity index (χ0v) is 11.0. The average molecular weight is 227 g/mol. The van der Waals surface area contributed by atoms with Gasteiger partial charge in [-0.2, -0.15) is 11.8 Å². The number of hydrogen-bond donors (Lipinski definition) is 0. The van der Waals surface area contributed by atoms with Gasteiger partial charge in [0.15, 0.2) is 0 Å². The smallest absolute Gasteiger partial charge is 0.00722 e. The Labute approximate surface area is 99.0 Å². The maximum absolute atomic E-state index is 2.68.